The molecule has 3 saturated carbocycles. The highest BCUT2D eigenvalue weighted by atomic mass is 14.6. The molecule has 3 fully saturated rings. The third-order valence-electron chi connectivity index (χ3n) is 5.27. The molecule has 0 amide bonds. The lowest BCUT2D eigenvalue weighted by Crippen LogP contribution is -2.55. The van der Waals surface area contributed by atoms with Gasteiger partial charge in [0.15, 0.2) is 0 Å². The van der Waals surface area contributed by atoms with Crippen LogP contribution in [0.3, 0.4) is 0 Å². The zero-order valence-electron chi connectivity index (χ0n) is 9.80. The van der Waals surface area contributed by atoms with Crippen LogP contribution in [0.25, 0.3) is 0 Å². The summed E-state index contributed by atoms with van der Waals surface area (Å²) in [6, 6.07) is 0. The second-order valence-corrected chi connectivity index (χ2v) is 6.36. The summed E-state index contributed by atoms with van der Waals surface area (Å²) in [5.41, 5.74) is 0.671. The summed E-state index contributed by atoms with van der Waals surface area (Å²) in [5.74, 6) is 4.95. The zero-order valence-corrected chi connectivity index (χ0v) is 9.80. The summed E-state index contributed by atoms with van der Waals surface area (Å²) in [4.78, 5) is 0. The predicted octanol–water partition coefficient (Wildman–Crippen LogP) is 3.96. The first-order chi connectivity index (χ1) is 5.94. The highest BCUT2D eigenvalue weighted by Crippen LogP contribution is 2.63. The molecule has 0 aromatic heterocycles. The van der Waals surface area contributed by atoms with E-state index in [4.69, 9.17) is 0 Å². The third kappa shape index (κ3) is 1.17. The van der Waals surface area contributed by atoms with E-state index >= 15 is 0 Å². The SMILES string of the molecule is CC(C)C1CC2C[C@@H]([C@@H]1C)C2(C)C. The van der Waals surface area contributed by atoms with Gasteiger partial charge in [0.05, 0.1) is 0 Å². The van der Waals surface area contributed by atoms with Crippen molar-refractivity contribution in [1.82, 2.24) is 0 Å². The van der Waals surface area contributed by atoms with Crippen molar-refractivity contribution in [1.29, 1.82) is 0 Å². The van der Waals surface area contributed by atoms with Crippen LogP contribution in [0, 0.1) is 35.0 Å². The van der Waals surface area contributed by atoms with Gasteiger partial charge in [0.25, 0.3) is 0 Å². The Labute approximate surface area is 83.1 Å². The Morgan fingerprint density at radius 3 is 2.15 bits per heavy atom. The van der Waals surface area contributed by atoms with E-state index in [1.165, 1.54) is 12.8 Å². The van der Waals surface area contributed by atoms with Crippen LogP contribution in [0.1, 0.15) is 47.5 Å². The molecule has 4 atom stereocenters. The molecule has 3 aliphatic rings. The van der Waals surface area contributed by atoms with Gasteiger partial charge in [0.2, 0.25) is 0 Å². The van der Waals surface area contributed by atoms with Gasteiger partial charge in [-0.3, -0.25) is 0 Å². The molecule has 0 aromatic rings. The fourth-order valence-electron chi connectivity index (χ4n) is 4.07. The Hall–Kier alpha value is 0. The first-order valence-corrected chi connectivity index (χ1v) is 5.94. The van der Waals surface area contributed by atoms with Gasteiger partial charge in [0, 0.05) is 0 Å². The maximum absolute atomic E-state index is 2.49. The normalized spacial score (nSPS) is 47.5. The van der Waals surface area contributed by atoms with Crippen molar-refractivity contribution in [2.45, 2.75) is 47.5 Å². The van der Waals surface area contributed by atoms with Crippen molar-refractivity contribution < 1.29 is 0 Å². The van der Waals surface area contributed by atoms with Gasteiger partial charge < -0.3 is 0 Å². The van der Waals surface area contributed by atoms with Crippen LogP contribution >= 0.6 is 0 Å². The Balaban J connectivity index is 2.12. The number of hydrogen-bond donors (Lipinski definition) is 0. The Morgan fingerprint density at radius 1 is 1.15 bits per heavy atom. The molecule has 2 unspecified atom stereocenters. The highest BCUT2D eigenvalue weighted by molar-refractivity contribution is 5.05. The number of hydrogen-bond acceptors (Lipinski definition) is 0. The lowest BCUT2D eigenvalue weighted by molar-refractivity contribution is -0.137. The fraction of sp³-hybridized carbons (Fsp3) is 1.00. The molecule has 13 heavy (non-hydrogen) atoms. The highest BCUT2D eigenvalue weighted by Gasteiger charge is 2.56. The summed E-state index contributed by atoms with van der Waals surface area (Å²) in [5, 5.41) is 0. The van der Waals surface area contributed by atoms with Crippen LogP contribution in [0.4, 0.5) is 0 Å². The molecule has 76 valence electrons. The monoisotopic (exact) mass is 180 g/mol. The zero-order chi connectivity index (χ0) is 9.80. The molecule has 0 radical (unpaired) electrons. The molecule has 0 heteroatoms. The second kappa shape index (κ2) is 2.74. The molecular weight excluding hydrogens is 156 g/mol. The Kier molecular flexibility index (Phi) is 2.02. The standard InChI is InChI=1S/C13H24/c1-8(2)11-6-10-7-12(9(11)3)13(10,4)5/h8-12H,6-7H2,1-5H3/t9-,10?,11?,12+/m1/s1. The van der Waals surface area contributed by atoms with Crippen molar-refractivity contribution in [3.05, 3.63) is 0 Å². The minimum Gasteiger partial charge on any atom is -0.0625 e. The largest absolute Gasteiger partial charge is 0.0625 e. The maximum Gasteiger partial charge on any atom is -0.0295 e. The van der Waals surface area contributed by atoms with Crippen molar-refractivity contribution in [2.75, 3.05) is 0 Å². The van der Waals surface area contributed by atoms with Crippen LogP contribution in [0.15, 0.2) is 0 Å². The average molecular weight is 180 g/mol. The van der Waals surface area contributed by atoms with Gasteiger partial charge in [-0.25, -0.2) is 0 Å². The fourth-order valence-corrected chi connectivity index (χ4v) is 4.07. The molecule has 3 aliphatic carbocycles. The summed E-state index contributed by atoms with van der Waals surface area (Å²) in [7, 11) is 0. The lowest BCUT2D eigenvalue weighted by atomic mass is 9.42. The van der Waals surface area contributed by atoms with Crippen molar-refractivity contribution in [2.24, 2.45) is 35.0 Å². The Morgan fingerprint density at radius 2 is 1.77 bits per heavy atom. The molecule has 0 aliphatic heterocycles. The summed E-state index contributed by atoms with van der Waals surface area (Å²) < 4.78 is 0. The first-order valence-electron chi connectivity index (χ1n) is 5.94. The molecular formula is C13H24. The van der Waals surface area contributed by atoms with Crippen LogP contribution in [0.5, 0.6) is 0 Å². The van der Waals surface area contributed by atoms with E-state index in [0.29, 0.717) is 5.41 Å². The molecule has 2 bridgehead atoms. The van der Waals surface area contributed by atoms with Crippen LogP contribution in [0.2, 0.25) is 0 Å². The van der Waals surface area contributed by atoms with Crippen LogP contribution < -0.4 is 0 Å². The van der Waals surface area contributed by atoms with E-state index in [2.05, 4.69) is 34.6 Å². The molecule has 0 spiro atoms. The van der Waals surface area contributed by atoms with Gasteiger partial charge in [-0.05, 0) is 47.8 Å². The van der Waals surface area contributed by atoms with E-state index in [0.717, 1.165) is 29.6 Å². The molecule has 3 rings (SSSR count). The quantitative estimate of drug-likeness (QED) is 0.573. The smallest absolute Gasteiger partial charge is 0.0295 e. The number of fused-ring (bicyclic) bond motifs is 2. The molecule has 0 nitrogen and oxygen atoms in total. The van der Waals surface area contributed by atoms with E-state index in [1.807, 2.05) is 0 Å². The maximum atomic E-state index is 2.49. The third-order valence-corrected chi connectivity index (χ3v) is 5.27. The topological polar surface area (TPSA) is 0 Å². The number of rotatable bonds is 1. The lowest BCUT2D eigenvalue weighted by Gasteiger charge is -2.63. The van der Waals surface area contributed by atoms with E-state index < -0.39 is 0 Å². The van der Waals surface area contributed by atoms with Crippen LogP contribution in [-0.4, -0.2) is 0 Å². The molecule has 0 heterocycles. The first kappa shape index (κ1) is 9.55. The van der Waals surface area contributed by atoms with Crippen molar-refractivity contribution >= 4 is 0 Å². The van der Waals surface area contributed by atoms with Gasteiger partial charge >= 0.3 is 0 Å². The van der Waals surface area contributed by atoms with Gasteiger partial charge in [-0.1, -0.05) is 34.6 Å². The van der Waals surface area contributed by atoms with E-state index in [9.17, 15) is 0 Å². The minimum absolute atomic E-state index is 0.671. The van der Waals surface area contributed by atoms with E-state index in [-0.39, 0.29) is 0 Å². The minimum atomic E-state index is 0.671. The Bertz CT molecular complexity index is 200. The van der Waals surface area contributed by atoms with Gasteiger partial charge in [-0.2, -0.15) is 0 Å². The van der Waals surface area contributed by atoms with Gasteiger partial charge in [0.1, 0.15) is 0 Å². The molecule has 0 aromatic carbocycles. The van der Waals surface area contributed by atoms with Crippen molar-refractivity contribution in [3.63, 3.8) is 0 Å². The van der Waals surface area contributed by atoms with Gasteiger partial charge in [-0.15, -0.1) is 0 Å². The average Bonchev–Trinajstić information content (AvgIpc) is 2.02. The molecule has 0 saturated heterocycles. The molecule has 0 N–H and O–H groups in total. The van der Waals surface area contributed by atoms with E-state index in [1.54, 1.807) is 0 Å². The predicted molar refractivity (Wildman–Crippen MR) is 57.5 cm³/mol. The second-order valence-electron chi connectivity index (χ2n) is 6.36. The van der Waals surface area contributed by atoms with Crippen molar-refractivity contribution in [3.8, 4) is 0 Å². The summed E-state index contributed by atoms with van der Waals surface area (Å²) in [6.07, 6.45) is 3.03. The summed E-state index contributed by atoms with van der Waals surface area (Å²) >= 11 is 0. The summed E-state index contributed by atoms with van der Waals surface area (Å²) in [6.45, 7) is 12.3. The van der Waals surface area contributed by atoms with Crippen LogP contribution in [-0.2, 0) is 0 Å².